The number of aromatic nitrogens is 3. The summed E-state index contributed by atoms with van der Waals surface area (Å²) >= 11 is 0. The number of nitrogens with zero attached hydrogens (tertiary/aromatic N) is 3. The standard InChI is InChI=1S/C15H14N4/c1-10-4-5-19-14(6-10)17-18-15(19)11-2-3-12-8-16-9-13(12)7-11/h2-7,16H,8-9H2,1H3. The molecule has 3 heterocycles. The van der Waals surface area contributed by atoms with Gasteiger partial charge in [0.15, 0.2) is 11.5 Å². The zero-order chi connectivity index (χ0) is 12.8. The number of benzene rings is 1. The van der Waals surface area contributed by atoms with Gasteiger partial charge in [0.05, 0.1) is 0 Å². The third-order valence-corrected chi connectivity index (χ3v) is 3.66. The molecule has 0 saturated carbocycles. The maximum absolute atomic E-state index is 4.32. The molecule has 94 valence electrons. The monoisotopic (exact) mass is 250 g/mol. The highest BCUT2D eigenvalue weighted by Gasteiger charge is 2.13. The van der Waals surface area contributed by atoms with Crippen LogP contribution < -0.4 is 5.32 Å². The Morgan fingerprint density at radius 3 is 2.89 bits per heavy atom. The SMILES string of the molecule is Cc1ccn2c(-c3ccc4c(c3)CNC4)nnc2c1. The molecule has 0 fully saturated rings. The van der Waals surface area contributed by atoms with Crippen LogP contribution in [0.15, 0.2) is 36.5 Å². The van der Waals surface area contributed by atoms with Gasteiger partial charge in [-0.25, -0.2) is 0 Å². The summed E-state index contributed by atoms with van der Waals surface area (Å²) in [7, 11) is 0. The number of fused-ring (bicyclic) bond motifs is 2. The van der Waals surface area contributed by atoms with Crippen molar-refractivity contribution in [1.29, 1.82) is 0 Å². The summed E-state index contributed by atoms with van der Waals surface area (Å²) < 4.78 is 2.04. The molecule has 1 aromatic carbocycles. The zero-order valence-electron chi connectivity index (χ0n) is 10.7. The molecule has 1 N–H and O–H groups in total. The van der Waals surface area contributed by atoms with Crippen LogP contribution in [0.1, 0.15) is 16.7 Å². The van der Waals surface area contributed by atoms with Gasteiger partial charge in [-0.3, -0.25) is 4.40 Å². The lowest BCUT2D eigenvalue weighted by molar-refractivity contribution is 0.765. The lowest BCUT2D eigenvalue weighted by atomic mass is 10.1. The lowest BCUT2D eigenvalue weighted by Gasteiger charge is -2.03. The maximum atomic E-state index is 4.32. The molecule has 0 amide bonds. The molecule has 2 aromatic heterocycles. The molecule has 0 unspecified atom stereocenters. The summed E-state index contributed by atoms with van der Waals surface area (Å²) in [6, 6.07) is 10.6. The van der Waals surface area contributed by atoms with Gasteiger partial charge in [-0.1, -0.05) is 12.1 Å². The van der Waals surface area contributed by atoms with E-state index in [-0.39, 0.29) is 0 Å². The summed E-state index contributed by atoms with van der Waals surface area (Å²) in [5, 5.41) is 11.9. The molecule has 0 spiro atoms. The first kappa shape index (κ1) is 10.7. The Labute approximate surface area is 111 Å². The van der Waals surface area contributed by atoms with E-state index in [0.717, 1.165) is 30.1 Å². The van der Waals surface area contributed by atoms with E-state index in [2.05, 4.69) is 46.7 Å². The number of hydrogen-bond donors (Lipinski definition) is 1. The topological polar surface area (TPSA) is 42.2 Å². The van der Waals surface area contributed by atoms with Crippen LogP contribution in [0.25, 0.3) is 17.0 Å². The summed E-state index contributed by atoms with van der Waals surface area (Å²) in [5.41, 5.74) is 5.96. The van der Waals surface area contributed by atoms with E-state index in [9.17, 15) is 0 Å². The van der Waals surface area contributed by atoms with Gasteiger partial charge >= 0.3 is 0 Å². The van der Waals surface area contributed by atoms with Crippen LogP contribution in [0, 0.1) is 6.92 Å². The number of nitrogens with one attached hydrogen (secondary N) is 1. The van der Waals surface area contributed by atoms with Crippen molar-refractivity contribution in [2.75, 3.05) is 0 Å². The molecule has 19 heavy (non-hydrogen) atoms. The zero-order valence-corrected chi connectivity index (χ0v) is 10.7. The molecule has 0 aliphatic carbocycles. The van der Waals surface area contributed by atoms with Gasteiger partial charge in [0.1, 0.15) is 0 Å². The second-order valence-corrected chi connectivity index (χ2v) is 5.04. The Balaban J connectivity index is 1.90. The summed E-state index contributed by atoms with van der Waals surface area (Å²) in [5.74, 6) is 0.907. The van der Waals surface area contributed by atoms with Crippen molar-refractivity contribution >= 4 is 5.65 Å². The molecule has 3 aromatic rings. The highest BCUT2D eigenvalue weighted by atomic mass is 15.2. The lowest BCUT2D eigenvalue weighted by Crippen LogP contribution is -1.99. The number of hydrogen-bond acceptors (Lipinski definition) is 3. The molecule has 0 bridgehead atoms. The Kier molecular flexibility index (Phi) is 2.19. The Morgan fingerprint density at radius 2 is 1.95 bits per heavy atom. The summed E-state index contributed by atoms with van der Waals surface area (Å²) in [4.78, 5) is 0. The summed E-state index contributed by atoms with van der Waals surface area (Å²) in [6.45, 7) is 3.98. The van der Waals surface area contributed by atoms with Crippen LogP contribution in [0.2, 0.25) is 0 Å². The fourth-order valence-corrected chi connectivity index (χ4v) is 2.62. The molecule has 4 heteroatoms. The third-order valence-electron chi connectivity index (χ3n) is 3.66. The second-order valence-electron chi connectivity index (χ2n) is 5.04. The second kappa shape index (κ2) is 3.90. The van der Waals surface area contributed by atoms with Crippen molar-refractivity contribution in [3.63, 3.8) is 0 Å². The molecular formula is C15H14N4. The molecule has 0 saturated heterocycles. The van der Waals surface area contributed by atoms with Gasteiger partial charge < -0.3 is 5.32 Å². The highest BCUT2D eigenvalue weighted by molar-refractivity contribution is 5.62. The first-order chi connectivity index (χ1) is 9.31. The van der Waals surface area contributed by atoms with E-state index in [4.69, 9.17) is 0 Å². The van der Waals surface area contributed by atoms with Gasteiger partial charge in [-0.15, -0.1) is 10.2 Å². The minimum atomic E-state index is 0.897. The van der Waals surface area contributed by atoms with Crippen LogP contribution in [0.5, 0.6) is 0 Å². The van der Waals surface area contributed by atoms with Gasteiger partial charge in [0, 0.05) is 24.8 Å². The number of aryl methyl sites for hydroxylation is 1. The van der Waals surface area contributed by atoms with Crippen molar-refractivity contribution in [1.82, 2.24) is 19.9 Å². The molecule has 1 aliphatic heterocycles. The largest absolute Gasteiger partial charge is 0.309 e. The fraction of sp³-hybridized carbons (Fsp3) is 0.200. The van der Waals surface area contributed by atoms with Crippen molar-refractivity contribution in [3.05, 3.63) is 53.2 Å². The minimum absolute atomic E-state index is 0.897. The van der Waals surface area contributed by atoms with E-state index in [1.807, 2.05) is 16.7 Å². The molecule has 0 radical (unpaired) electrons. The predicted molar refractivity (Wildman–Crippen MR) is 73.7 cm³/mol. The van der Waals surface area contributed by atoms with Crippen molar-refractivity contribution in [2.45, 2.75) is 20.0 Å². The van der Waals surface area contributed by atoms with E-state index in [1.54, 1.807) is 0 Å². The quantitative estimate of drug-likeness (QED) is 0.720. The van der Waals surface area contributed by atoms with E-state index in [0.29, 0.717) is 0 Å². The first-order valence-electron chi connectivity index (χ1n) is 6.45. The van der Waals surface area contributed by atoms with Gasteiger partial charge in [0.2, 0.25) is 0 Å². The highest BCUT2D eigenvalue weighted by Crippen LogP contribution is 2.24. The average Bonchev–Trinajstić information content (AvgIpc) is 3.02. The first-order valence-corrected chi connectivity index (χ1v) is 6.45. The van der Waals surface area contributed by atoms with Crippen molar-refractivity contribution in [3.8, 4) is 11.4 Å². The molecule has 4 rings (SSSR count). The van der Waals surface area contributed by atoms with Gasteiger partial charge in [-0.2, -0.15) is 0 Å². The van der Waals surface area contributed by atoms with Gasteiger partial charge in [0.25, 0.3) is 0 Å². The van der Waals surface area contributed by atoms with Crippen LogP contribution in [0.4, 0.5) is 0 Å². The van der Waals surface area contributed by atoms with E-state index in [1.165, 1.54) is 16.7 Å². The Morgan fingerprint density at radius 1 is 1.05 bits per heavy atom. The van der Waals surface area contributed by atoms with Crippen LogP contribution in [-0.2, 0) is 13.1 Å². The minimum Gasteiger partial charge on any atom is -0.309 e. The van der Waals surface area contributed by atoms with Crippen LogP contribution in [0.3, 0.4) is 0 Å². The van der Waals surface area contributed by atoms with E-state index >= 15 is 0 Å². The maximum Gasteiger partial charge on any atom is 0.168 e. The molecule has 0 atom stereocenters. The number of pyridine rings is 1. The molecule has 1 aliphatic rings. The van der Waals surface area contributed by atoms with Crippen molar-refractivity contribution < 1.29 is 0 Å². The predicted octanol–water partition coefficient (Wildman–Crippen LogP) is 2.31. The van der Waals surface area contributed by atoms with Crippen LogP contribution >= 0.6 is 0 Å². The smallest absolute Gasteiger partial charge is 0.168 e. The average molecular weight is 250 g/mol. The van der Waals surface area contributed by atoms with Gasteiger partial charge in [-0.05, 0) is 41.8 Å². The Bertz CT molecular complexity index is 773. The van der Waals surface area contributed by atoms with Crippen molar-refractivity contribution in [2.24, 2.45) is 0 Å². The fourth-order valence-electron chi connectivity index (χ4n) is 2.62. The van der Waals surface area contributed by atoms with E-state index < -0.39 is 0 Å². The Hall–Kier alpha value is -2.20. The van der Waals surface area contributed by atoms with Crippen LogP contribution in [-0.4, -0.2) is 14.6 Å². The number of rotatable bonds is 1. The third kappa shape index (κ3) is 1.64. The molecule has 4 nitrogen and oxygen atoms in total. The normalized spacial score (nSPS) is 13.9. The molecular weight excluding hydrogens is 236 g/mol. The summed E-state index contributed by atoms with van der Waals surface area (Å²) in [6.07, 6.45) is 2.03.